The molecule has 0 saturated carbocycles. The van der Waals surface area contributed by atoms with E-state index in [0.717, 1.165) is 21.4 Å². The van der Waals surface area contributed by atoms with Gasteiger partial charge < -0.3 is 4.74 Å². The lowest BCUT2D eigenvalue weighted by molar-refractivity contribution is -0.274. The smallest absolute Gasteiger partial charge is 0.406 e. The van der Waals surface area contributed by atoms with Crippen molar-refractivity contribution in [1.82, 2.24) is 14.5 Å². The van der Waals surface area contributed by atoms with Gasteiger partial charge in [-0.3, -0.25) is 9.55 Å². The number of benzene rings is 1. The molecule has 3 aromatic rings. The van der Waals surface area contributed by atoms with Gasteiger partial charge in [0.2, 0.25) is 0 Å². The zero-order valence-electron chi connectivity index (χ0n) is 15.0. The summed E-state index contributed by atoms with van der Waals surface area (Å²) in [5, 5.41) is 0. The van der Waals surface area contributed by atoms with E-state index in [9.17, 15) is 13.2 Å². The Hall–Kier alpha value is -2.54. The van der Waals surface area contributed by atoms with Crippen LogP contribution in [0.3, 0.4) is 0 Å². The van der Waals surface area contributed by atoms with E-state index in [1.807, 2.05) is 30.5 Å². The van der Waals surface area contributed by atoms with Crippen LogP contribution in [0.4, 0.5) is 13.2 Å². The van der Waals surface area contributed by atoms with E-state index in [1.54, 1.807) is 18.3 Å². The van der Waals surface area contributed by atoms with Crippen molar-refractivity contribution in [3.05, 3.63) is 71.1 Å². The van der Waals surface area contributed by atoms with E-state index in [4.69, 9.17) is 0 Å². The number of nitrogens with zero attached hydrogens (tertiary/aromatic N) is 3. The second-order valence-corrected chi connectivity index (χ2v) is 6.65. The molecule has 2 heterocycles. The van der Waals surface area contributed by atoms with E-state index in [2.05, 4.69) is 49.1 Å². The van der Waals surface area contributed by atoms with Crippen LogP contribution < -0.4 is 4.74 Å². The first-order chi connectivity index (χ1) is 13.3. The fourth-order valence-electron chi connectivity index (χ4n) is 2.70. The molecule has 1 aromatic carbocycles. The number of hydrogen-bond donors (Lipinski definition) is 0. The normalized spacial score (nSPS) is 11.1. The first-order valence-corrected chi connectivity index (χ1v) is 9.74. The molecule has 0 unspecified atom stereocenters. The lowest BCUT2D eigenvalue weighted by atomic mass is 10.2. The zero-order chi connectivity index (χ0) is 20.3. The van der Waals surface area contributed by atoms with Crippen molar-refractivity contribution in [2.24, 2.45) is 0 Å². The van der Waals surface area contributed by atoms with Crippen LogP contribution in [0.2, 0.25) is 0 Å². The summed E-state index contributed by atoms with van der Waals surface area (Å²) in [5.74, 6) is 6.58. The highest BCUT2D eigenvalue weighted by Crippen LogP contribution is 2.25. The van der Waals surface area contributed by atoms with E-state index < -0.39 is 6.36 Å². The highest BCUT2D eigenvalue weighted by Gasteiger charge is 2.31. The van der Waals surface area contributed by atoms with Crippen molar-refractivity contribution >= 4 is 22.6 Å². The molecule has 144 valence electrons. The Bertz CT molecular complexity index is 1050. The molecule has 0 fully saturated rings. The lowest BCUT2D eigenvalue weighted by Gasteiger charge is -2.11. The van der Waals surface area contributed by atoms with Crippen LogP contribution in [0.15, 0.2) is 42.6 Å². The van der Waals surface area contributed by atoms with Crippen LogP contribution in [-0.2, 0) is 4.43 Å². The summed E-state index contributed by atoms with van der Waals surface area (Å²) < 4.78 is 43.5. The van der Waals surface area contributed by atoms with Crippen molar-refractivity contribution in [2.45, 2.75) is 24.6 Å². The molecule has 0 radical (unpaired) electrons. The van der Waals surface area contributed by atoms with E-state index in [1.165, 1.54) is 12.1 Å². The number of pyridine rings is 1. The van der Waals surface area contributed by atoms with Gasteiger partial charge in [-0.05, 0) is 56.2 Å². The lowest BCUT2D eigenvalue weighted by Crippen LogP contribution is -2.17. The van der Waals surface area contributed by atoms with Gasteiger partial charge in [-0.2, -0.15) is 0 Å². The second kappa shape index (κ2) is 8.22. The molecule has 0 spiro atoms. The number of alkyl halides is 4. The predicted octanol–water partition coefficient (Wildman–Crippen LogP) is 5.12. The monoisotopic (exact) mass is 497 g/mol. The molecule has 4 nitrogen and oxygen atoms in total. The molecule has 0 saturated heterocycles. The number of rotatable bonds is 3. The molecule has 0 bridgehead atoms. The first kappa shape index (κ1) is 20.2. The summed E-state index contributed by atoms with van der Waals surface area (Å²) in [6, 6.07) is 9.41. The summed E-state index contributed by atoms with van der Waals surface area (Å²) in [4.78, 5) is 8.73. The fraction of sp³-hybridized carbons (Fsp3) is 0.200. The van der Waals surface area contributed by atoms with Crippen LogP contribution in [-0.4, -0.2) is 20.9 Å². The maximum absolute atomic E-state index is 12.3. The summed E-state index contributed by atoms with van der Waals surface area (Å²) in [5.41, 5.74) is 3.90. The van der Waals surface area contributed by atoms with Crippen molar-refractivity contribution < 1.29 is 17.9 Å². The van der Waals surface area contributed by atoms with Crippen molar-refractivity contribution in [1.29, 1.82) is 0 Å². The highest BCUT2D eigenvalue weighted by atomic mass is 127. The van der Waals surface area contributed by atoms with E-state index >= 15 is 0 Å². The van der Waals surface area contributed by atoms with E-state index in [-0.39, 0.29) is 5.75 Å². The number of halogens is 4. The molecule has 2 aromatic heterocycles. The quantitative estimate of drug-likeness (QED) is 0.287. The Labute approximate surface area is 173 Å². The molecular formula is C20H15F3IN3O. The molecular weight excluding hydrogens is 482 g/mol. The number of hydrogen-bond acceptors (Lipinski definition) is 3. The minimum Gasteiger partial charge on any atom is -0.406 e. The molecule has 0 aliphatic heterocycles. The maximum Gasteiger partial charge on any atom is 0.573 e. The molecule has 8 heteroatoms. The third-order valence-corrected chi connectivity index (χ3v) is 4.66. The van der Waals surface area contributed by atoms with Crippen molar-refractivity contribution in [2.75, 3.05) is 0 Å². The minimum absolute atomic E-state index is 0.268. The summed E-state index contributed by atoms with van der Waals surface area (Å²) >= 11 is 2.24. The number of aryl methyl sites for hydroxylation is 1. The highest BCUT2D eigenvalue weighted by molar-refractivity contribution is 14.1. The van der Waals surface area contributed by atoms with Gasteiger partial charge in [0, 0.05) is 21.9 Å². The van der Waals surface area contributed by atoms with Crippen molar-refractivity contribution in [3.8, 4) is 23.3 Å². The van der Waals surface area contributed by atoms with Crippen LogP contribution in [0.1, 0.15) is 28.5 Å². The third kappa shape index (κ3) is 4.84. The SMILES string of the molecule is Cc1nc(C#Cc2ccnc(CI)c2)c(C)n1-c1ccc(OC(F)(F)F)cc1. The number of aromatic nitrogens is 3. The van der Waals surface area contributed by atoms with Gasteiger partial charge in [0.25, 0.3) is 0 Å². The van der Waals surface area contributed by atoms with Gasteiger partial charge in [-0.25, -0.2) is 4.98 Å². The second-order valence-electron chi connectivity index (χ2n) is 5.89. The summed E-state index contributed by atoms with van der Waals surface area (Å²) in [6.45, 7) is 3.69. The standard InChI is InChI=1S/C20H15F3IN3O/c1-13-19(8-3-15-9-10-25-16(11-15)12-24)26-14(2)27(13)17-4-6-18(7-5-17)28-20(21,22)23/h4-7,9-11H,12H2,1-2H3. The minimum atomic E-state index is -4.71. The average molecular weight is 497 g/mol. The maximum atomic E-state index is 12.3. The Morgan fingerprint density at radius 1 is 1.11 bits per heavy atom. The molecule has 0 atom stereocenters. The summed E-state index contributed by atoms with van der Waals surface area (Å²) in [7, 11) is 0. The molecule has 0 N–H and O–H groups in total. The Morgan fingerprint density at radius 3 is 2.46 bits per heavy atom. The van der Waals surface area contributed by atoms with Crippen molar-refractivity contribution in [3.63, 3.8) is 0 Å². The Balaban J connectivity index is 1.89. The first-order valence-electron chi connectivity index (χ1n) is 8.22. The predicted molar refractivity (Wildman–Crippen MR) is 108 cm³/mol. The van der Waals surface area contributed by atoms with Gasteiger partial charge in [0.15, 0.2) is 0 Å². The number of ether oxygens (including phenoxy) is 1. The van der Waals surface area contributed by atoms with Gasteiger partial charge in [-0.1, -0.05) is 28.5 Å². The topological polar surface area (TPSA) is 39.9 Å². The fourth-order valence-corrected chi connectivity index (χ4v) is 3.11. The summed E-state index contributed by atoms with van der Waals surface area (Å²) in [6.07, 6.45) is -2.99. The van der Waals surface area contributed by atoms with Crippen LogP contribution in [0.25, 0.3) is 5.69 Å². The van der Waals surface area contributed by atoms with Crippen LogP contribution in [0.5, 0.6) is 5.75 Å². The molecule has 0 aliphatic carbocycles. The van der Waals surface area contributed by atoms with Crippen LogP contribution >= 0.6 is 22.6 Å². The molecule has 28 heavy (non-hydrogen) atoms. The van der Waals surface area contributed by atoms with Gasteiger partial charge >= 0.3 is 6.36 Å². The largest absolute Gasteiger partial charge is 0.573 e. The van der Waals surface area contributed by atoms with Crippen LogP contribution in [0, 0.1) is 25.7 Å². The van der Waals surface area contributed by atoms with Gasteiger partial charge in [0.05, 0.1) is 11.4 Å². The Kier molecular flexibility index (Phi) is 5.93. The molecule has 3 rings (SSSR count). The molecule has 0 aliphatic rings. The zero-order valence-corrected chi connectivity index (χ0v) is 17.2. The Morgan fingerprint density at radius 2 is 1.82 bits per heavy atom. The third-order valence-electron chi connectivity index (χ3n) is 3.88. The van der Waals surface area contributed by atoms with Gasteiger partial charge in [0.1, 0.15) is 17.3 Å². The number of imidazole rings is 1. The van der Waals surface area contributed by atoms with E-state index in [0.29, 0.717) is 17.2 Å². The van der Waals surface area contributed by atoms with Gasteiger partial charge in [-0.15, -0.1) is 13.2 Å². The molecule has 0 amide bonds. The average Bonchev–Trinajstić information content (AvgIpc) is 2.93.